The van der Waals surface area contributed by atoms with Gasteiger partial charge in [-0.1, -0.05) is 30.3 Å². The van der Waals surface area contributed by atoms with E-state index >= 15 is 0 Å². The minimum absolute atomic E-state index is 0.121. The Hall–Kier alpha value is -3.41. The van der Waals surface area contributed by atoms with Gasteiger partial charge in [-0.3, -0.25) is 14.2 Å². The van der Waals surface area contributed by atoms with Gasteiger partial charge in [0.15, 0.2) is 0 Å². The van der Waals surface area contributed by atoms with Crippen molar-refractivity contribution < 1.29 is 9.53 Å². The van der Waals surface area contributed by atoms with Gasteiger partial charge in [0.1, 0.15) is 18.1 Å². The highest BCUT2D eigenvalue weighted by Gasteiger charge is 2.13. The van der Waals surface area contributed by atoms with Crippen LogP contribution in [0.4, 0.5) is 5.69 Å². The Morgan fingerprint density at radius 2 is 1.81 bits per heavy atom. The lowest BCUT2D eigenvalue weighted by atomic mass is 10.2. The molecule has 3 aromatic rings. The minimum atomic E-state index is -0.302. The number of benzene rings is 2. The monoisotopic (exact) mass is 363 g/mol. The van der Waals surface area contributed by atoms with Crippen LogP contribution in [0.5, 0.6) is 5.75 Å². The summed E-state index contributed by atoms with van der Waals surface area (Å²) in [6.45, 7) is 4.13. The Morgan fingerprint density at radius 3 is 2.48 bits per heavy atom. The number of rotatable bonds is 6. The fourth-order valence-electron chi connectivity index (χ4n) is 2.73. The maximum absolute atomic E-state index is 12.5. The molecule has 1 aromatic heterocycles. The number of ether oxygens (including phenoxy) is 1. The molecule has 0 aliphatic rings. The van der Waals surface area contributed by atoms with Crippen LogP contribution in [-0.4, -0.2) is 22.1 Å². The molecule has 1 heterocycles. The summed E-state index contributed by atoms with van der Waals surface area (Å²) in [6.07, 6.45) is 0. The van der Waals surface area contributed by atoms with Crippen molar-refractivity contribution in [2.24, 2.45) is 0 Å². The molecule has 27 heavy (non-hydrogen) atoms. The molecule has 6 heteroatoms. The number of anilines is 1. The predicted octanol–water partition coefficient (Wildman–Crippen LogP) is 3.26. The van der Waals surface area contributed by atoms with Gasteiger partial charge in [-0.2, -0.15) is 0 Å². The number of carbonyl (C=O) groups is 1. The Morgan fingerprint density at radius 1 is 1.11 bits per heavy atom. The molecule has 0 unspecified atom stereocenters. The van der Waals surface area contributed by atoms with Crippen molar-refractivity contribution in [3.63, 3.8) is 0 Å². The lowest BCUT2D eigenvalue weighted by molar-refractivity contribution is -0.116. The zero-order chi connectivity index (χ0) is 19.2. The fraction of sp³-hybridized carbons (Fsp3) is 0.190. The molecule has 0 bridgehead atoms. The Bertz CT molecular complexity index is 980. The summed E-state index contributed by atoms with van der Waals surface area (Å²) in [7, 11) is 0. The molecule has 0 saturated heterocycles. The molecule has 0 atom stereocenters. The van der Waals surface area contributed by atoms with Gasteiger partial charge in [-0.25, -0.2) is 4.98 Å². The van der Waals surface area contributed by atoms with Crippen LogP contribution in [-0.2, 0) is 11.3 Å². The normalized spacial score (nSPS) is 10.4. The van der Waals surface area contributed by atoms with E-state index < -0.39 is 0 Å². The molecule has 1 amide bonds. The zero-order valence-corrected chi connectivity index (χ0v) is 15.3. The highest BCUT2D eigenvalue weighted by molar-refractivity contribution is 5.90. The van der Waals surface area contributed by atoms with Crippen molar-refractivity contribution in [2.45, 2.75) is 20.4 Å². The van der Waals surface area contributed by atoms with Crippen LogP contribution in [0.1, 0.15) is 12.6 Å². The molecule has 0 fully saturated rings. The van der Waals surface area contributed by atoms with E-state index in [0.29, 0.717) is 23.8 Å². The molecule has 0 aliphatic heterocycles. The standard InChI is InChI=1S/C21H21N3O3/c1-3-27-18-11-9-17(10-12-18)23-19(25)14-24-20(26)13-15(2)22-21(24)16-7-5-4-6-8-16/h4-13H,3,14H2,1-2H3,(H,23,25). The van der Waals surface area contributed by atoms with Gasteiger partial charge in [-0.05, 0) is 38.1 Å². The summed E-state index contributed by atoms with van der Waals surface area (Å²) in [5, 5.41) is 2.80. The van der Waals surface area contributed by atoms with E-state index in [4.69, 9.17) is 4.74 Å². The van der Waals surface area contributed by atoms with Gasteiger partial charge >= 0.3 is 0 Å². The fourth-order valence-corrected chi connectivity index (χ4v) is 2.73. The summed E-state index contributed by atoms with van der Waals surface area (Å²) >= 11 is 0. The van der Waals surface area contributed by atoms with Crippen LogP contribution in [0.25, 0.3) is 11.4 Å². The maximum atomic E-state index is 12.5. The van der Waals surface area contributed by atoms with Crippen LogP contribution in [0.2, 0.25) is 0 Å². The number of amides is 1. The van der Waals surface area contributed by atoms with E-state index in [1.54, 1.807) is 31.2 Å². The Kier molecular flexibility index (Phi) is 5.66. The van der Waals surface area contributed by atoms with Gasteiger partial charge in [0.25, 0.3) is 5.56 Å². The van der Waals surface area contributed by atoms with Crippen molar-refractivity contribution in [3.05, 3.63) is 76.7 Å². The molecule has 2 aromatic carbocycles. The first-order chi connectivity index (χ1) is 13.1. The van der Waals surface area contributed by atoms with E-state index in [1.165, 1.54) is 10.6 Å². The largest absolute Gasteiger partial charge is 0.494 e. The summed E-state index contributed by atoms with van der Waals surface area (Å²) < 4.78 is 6.77. The summed E-state index contributed by atoms with van der Waals surface area (Å²) in [5.74, 6) is 0.910. The Balaban J connectivity index is 1.82. The van der Waals surface area contributed by atoms with E-state index in [2.05, 4.69) is 10.3 Å². The van der Waals surface area contributed by atoms with Crippen LogP contribution in [0, 0.1) is 6.92 Å². The zero-order valence-electron chi connectivity index (χ0n) is 15.3. The van der Waals surface area contributed by atoms with Gasteiger partial charge in [-0.15, -0.1) is 0 Å². The minimum Gasteiger partial charge on any atom is -0.494 e. The molecular weight excluding hydrogens is 342 g/mol. The smallest absolute Gasteiger partial charge is 0.254 e. The molecule has 3 rings (SSSR count). The highest BCUT2D eigenvalue weighted by atomic mass is 16.5. The molecule has 1 N–H and O–H groups in total. The number of nitrogens with one attached hydrogen (secondary N) is 1. The van der Waals surface area contributed by atoms with Crippen molar-refractivity contribution in [1.29, 1.82) is 0 Å². The summed E-state index contributed by atoms with van der Waals surface area (Å²) in [5.41, 5.74) is 1.77. The summed E-state index contributed by atoms with van der Waals surface area (Å²) in [4.78, 5) is 29.4. The number of aromatic nitrogens is 2. The topological polar surface area (TPSA) is 73.2 Å². The number of hydrogen-bond acceptors (Lipinski definition) is 4. The number of aryl methyl sites for hydroxylation is 1. The van der Waals surface area contributed by atoms with Gasteiger partial charge in [0.2, 0.25) is 5.91 Å². The second kappa shape index (κ2) is 8.31. The molecule has 0 spiro atoms. The second-order valence-corrected chi connectivity index (χ2v) is 6.02. The molecule has 0 saturated carbocycles. The maximum Gasteiger partial charge on any atom is 0.254 e. The summed E-state index contributed by atoms with van der Waals surface area (Å²) in [6, 6.07) is 17.9. The molecule has 0 aliphatic carbocycles. The van der Waals surface area contributed by atoms with Crippen molar-refractivity contribution >= 4 is 11.6 Å². The lowest BCUT2D eigenvalue weighted by Gasteiger charge is -2.13. The number of carbonyl (C=O) groups excluding carboxylic acids is 1. The van der Waals surface area contributed by atoms with Crippen molar-refractivity contribution in [2.75, 3.05) is 11.9 Å². The van der Waals surface area contributed by atoms with E-state index in [9.17, 15) is 9.59 Å². The average molecular weight is 363 g/mol. The third kappa shape index (κ3) is 4.61. The van der Waals surface area contributed by atoms with Crippen molar-refractivity contribution in [1.82, 2.24) is 9.55 Å². The predicted molar refractivity (Wildman–Crippen MR) is 105 cm³/mol. The Labute approximate surface area is 157 Å². The average Bonchev–Trinajstić information content (AvgIpc) is 2.66. The van der Waals surface area contributed by atoms with Crippen LogP contribution in [0.15, 0.2) is 65.5 Å². The first-order valence-corrected chi connectivity index (χ1v) is 8.73. The quantitative estimate of drug-likeness (QED) is 0.730. The van der Waals surface area contributed by atoms with Crippen molar-refractivity contribution in [3.8, 4) is 17.1 Å². The third-order valence-corrected chi connectivity index (χ3v) is 3.92. The lowest BCUT2D eigenvalue weighted by Crippen LogP contribution is -2.29. The second-order valence-electron chi connectivity index (χ2n) is 6.02. The van der Waals surface area contributed by atoms with Gasteiger partial charge in [0.05, 0.1) is 6.61 Å². The SMILES string of the molecule is CCOc1ccc(NC(=O)Cn2c(-c3ccccc3)nc(C)cc2=O)cc1. The van der Waals surface area contributed by atoms with Crippen LogP contribution >= 0.6 is 0 Å². The van der Waals surface area contributed by atoms with E-state index in [-0.39, 0.29) is 18.0 Å². The molecule has 0 radical (unpaired) electrons. The highest BCUT2D eigenvalue weighted by Crippen LogP contribution is 2.17. The number of hydrogen-bond donors (Lipinski definition) is 1. The number of nitrogens with zero attached hydrogens (tertiary/aromatic N) is 2. The van der Waals surface area contributed by atoms with Crippen LogP contribution in [0.3, 0.4) is 0 Å². The first-order valence-electron chi connectivity index (χ1n) is 8.73. The van der Waals surface area contributed by atoms with Gasteiger partial charge < -0.3 is 10.1 Å². The van der Waals surface area contributed by atoms with Crippen LogP contribution < -0.4 is 15.6 Å². The molecule has 6 nitrogen and oxygen atoms in total. The van der Waals surface area contributed by atoms with Gasteiger partial charge in [0, 0.05) is 23.0 Å². The first kappa shape index (κ1) is 18.4. The molecule has 138 valence electrons. The van der Waals surface area contributed by atoms with E-state index in [1.807, 2.05) is 37.3 Å². The van der Waals surface area contributed by atoms with E-state index in [0.717, 1.165) is 11.3 Å². The molecular formula is C21H21N3O3. The third-order valence-electron chi connectivity index (χ3n) is 3.92.